The van der Waals surface area contributed by atoms with Crippen molar-refractivity contribution in [3.8, 4) is 5.75 Å². The number of rotatable bonds is 9. The maximum Gasteiger partial charge on any atom is 0.276 e. The van der Waals surface area contributed by atoms with Gasteiger partial charge in [0, 0.05) is 0 Å². The molecular weight excluding hydrogens is 422 g/mol. The Morgan fingerprint density at radius 2 is 1.65 bits per heavy atom. The Morgan fingerprint density at radius 3 is 2.32 bits per heavy atom. The molecule has 6 N–H and O–H groups in total. The first-order chi connectivity index (χ1) is 14.8. The van der Waals surface area contributed by atoms with Crippen LogP contribution in [-0.2, 0) is 14.8 Å². The molecule has 0 spiro atoms. The van der Waals surface area contributed by atoms with E-state index in [4.69, 9.17) is 10.5 Å². The molecule has 0 fully saturated rings. The summed E-state index contributed by atoms with van der Waals surface area (Å²) in [5.74, 6) is 0.145. The second kappa shape index (κ2) is 9.73. The first kappa shape index (κ1) is 21.8. The smallest absolute Gasteiger partial charge is 0.276 e. The van der Waals surface area contributed by atoms with Crippen molar-refractivity contribution in [3.05, 3.63) is 66.5 Å². The first-order valence-electron chi connectivity index (χ1n) is 9.03. The Hall–Kier alpha value is -3.90. The Bertz CT molecular complexity index is 1140. The second-order valence-electron chi connectivity index (χ2n) is 6.30. The third-order valence-electron chi connectivity index (χ3n) is 3.95. The van der Waals surface area contributed by atoms with Crippen LogP contribution in [0.5, 0.6) is 5.75 Å². The normalized spacial score (nSPS) is 10.9. The number of hydrogen-bond donors (Lipinski definition) is 5. The molecule has 0 bridgehead atoms. The van der Waals surface area contributed by atoms with Crippen LogP contribution in [0.15, 0.2) is 65.8 Å². The van der Waals surface area contributed by atoms with Gasteiger partial charge in [-0.15, -0.1) is 4.83 Å². The zero-order valence-corrected chi connectivity index (χ0v) is 17.3. The standard InChI is InChI=1S/C19H21N7O4S/c1-13-7-9-15(10-8-13)31(28,29)26-25-19-17(20)18(21-12-22-19)24-23-16(27)11-30-14-5-3-2-4-6-14/h2-10,12,26H,11,20H2,1H3,(H,23,27)(H2,21,22,24,25). The van der Waals surface area contributed by atoms with Crippen molar-refractivity contribution in [2.45, 2.75) is 11.8 Å². The molecule has 0 aliphatic rings. The first-order valence-corrected chi connectivity index (χ1v) is 10.5. The van der Waals surface area contributed by atoms with E-state index in [9.17, 15) is 13.2 Å². The fourth-order valence-electron chi connectivity index (χ4n) is 2.32. The zero-order valence-electron chi connectivity index (χ0n) is 16.5. The van der Waals surface area contributed by atoms with Gasteiger partial charge < -0.3 is 10.5 Å². The van der Waals surface area contributed by atoms with Gasteiger partial charge in [-0.05, 0) is 31.2 Å². The number of nitrogen functional groups attached to an aromatic ring is 1. The molecule has 12 heteroatoms. The SMILES string of the molecule is Cc1ccc(S(=O)(=O)NNc2ncnc(NNC(=O)COc3ccccc3)c2N)cc1. The maximum absolute atomic E-state index is 12.4. The van der Waals surface area contributed by atoms with Crippen LogP contribution in [-0.4, -0.2) is 30.9 Å². The van der Waals surface area contributed by atoms with Crippen LogP contribution in [0.3, 0.4) is 0 Å². The third-order valence-corrected chi connectivity index (χ3v) is 5.22. The van der Waals surface area contributed by atoms with Gasteiger partial charge in [-0.1, -0.05) is 35.9 Å². The van der Waals surface area contributed by atoms with Crippen molar-refractivity contribution in [1.29, 1.82) is 0 Å². The monoisotopic (exact) mass is 443 g/mol. The second-order valence-corrected chi connectivity index (χ2v) is 7.99. The number of hydrazine groups is 2. The lowest BCUT2D eigenvalue weighted by atomic mass is 10.2. The van der Waals surface area contributed by atoms with Crippen LogP contribution in [0.1, 0.15) is 5.56 Å². The van der Waals surface area contributed by atoms with Crippen molar-refractivity contribution in [2.75, 3.05) is 23.2 Å². The van der Waals surface area contributed by atoms with Gasteiger partial charge in [0.15, 0.2) is 18.2 Å². The van der Waals surface area contributed by atoms with Gasteiger partial charge in [0.05, 0.1) is 4.90 Å². The van der Waals surface area contributed by atoms with Crippen LogP contribution >= 0.6 is 0 Å². The number of benzene rings is 2. The molecule has 31 heavy (non-hydrogen) atoms. The quantitative estimate of drug-likeness (QED) is 0.306. The Kier molecular flexibility index (Phi) is 6.85. The topological polar surface area (TPSA) is 160 Å². The van der Waals surface area contributed by atoms with Gasteiger partial charge in [0.2, 0.25) is 0 Å². The average molecular weight is 443 g/mol. The van der Waals surface area contributed by atoms with Crippen LogP contribution in [0.2, 0.25) is 0 Å². The minimum Gasteiger partial charge on any atom is -0.484 e. The predicted octanol–water partition coefficient (Wildman–Crippen LogP) is 1.19. The number of hydrogen-bond acceptors (Lipinski definition) is 9. The zero-order chi connectivity index (χ0) is 22.3. The summed E-state index contributed by atoms with van der Waals surface area (Å²) >= 11 is 0. The number of carbonyl (C=O) groups is 1. The average Bonchev–Trinajstić information content (AvgIpc) is 2.77. The number of carbonyl (C=O) groups excluding carboxylic acids is 1. The molecule has 11 nitrogen and oxygen atoms in total. The van der Waals surface area contributed by atoms with Crippen molar-refractivity contribution >= 4 is 33.3 Å². The number of ether oxygens (including phenoxy) is 1. The van der Waals surface area contributed by atoms with Crippen molar-refractivity contribution in [2.24, 2.45) is 0 Å². The summed E-state index contributed by atoms with van der Waals surface area (Å²) in [6.07, 6.45) is 1.15. The molecule has 0 saturated carbocycles. The van der Waals surface area contributed by atoms with E-state index in [-0.39, 0.29) is 28.8 Å². The van der Waals surface area contributed by atoms with Crippen molar-refractivity contribution < 1.29 is 17.9 Å². The molecule has 3 aromatic rings. The summed E-state index contributed by atoms with van der Waals surface area (Å²) < 4.78 is 30.1. The van der Waals surface area contributed by atoms with E-state index in [0.29, 0.717) is 5.75 Å². The lowest BCUT2D eigenvalue weighted by Gasteiger charge is -2.14. The van der Waals surface area contributed by atoms with E-state index in [1.54, 1.807) is 36.4 Å². The van der Waals surface area contributed by atoms with Gasteiger partial charge >= 0.3 is 0 Å². The van der Waals surface area contributed by atoms with E-state index in [0.717, 1.165) is 11.9 Å². The fraction of sp³-hybridized carbons (Fsp3) is 0.105. The molecule has 3 rings (SSSR count). The molecule has 1 aromatic heterocycles. The summed E-state index contributed by atoms with van der Waals surface area (Å²) in [4.78, 5) is 22.0. The van der Waals surface area contributed by atoms with Gasteiger partial charge in [0.1, 0.15) is 17.8 Å². The van der Waals surface area contributed by atoms with Gasteiger partial charge in [0.25, 0.3) is 15.9 Å². The highest BCUT2D eigenvalue weighted by molar-refractivity contribution is 7.89. The molecule has 0 unspecified atom stereocenters. The summed E-state index contributed by atoms with van der Waals surface area (Å²) in [5, 5.41) is 0. The van der Waals surface area contributed by atoms with Gasteiger partial charge in [-0.2, -0.15) is 0 Å². The number of para-hydroxylation sites is 1. The molecule has 0 aliphatic carbocycles. The number of aromatic nitrogens is 2. The number of nitrogens with zero attached hydrogens (tertiary/aromatic N) is 2. The summed E-state index contributed by atoms with van der Waals surface area (Å²) in [6, 6.07) is 15.2. The number of nitrogens with two attached hydrogens (primary N) is 1. The largest absolute Gasteiger partial charge is 0.484 e. The maximum atomic E-state index is 12.4. The van der Waals surface area contributed by atoms with Gasteiger partial charge in [-0.25, -0.2) is 18.4 Å². The molecule has 1 heterocycles. The number of anilines is 3. The van der Waals surface area contributed by atoms with E-state index >= 15 is 0 Å². The Labute approximate surface area is 179 Å². The molecule has 2 aromatic carbocycles. The Balaban J connectivity index is 1.57. The molecular formula is C19H21N7O4S. The molecule has 0 atom stereocenters. The van der Waals surface area contributed by atoms with Crippen LogP contribution in [0.4, 0.5) is 17.3 Å². The molecule has 1 amide bonds. The lowest BCUT2D eigenvalue weighted by Crippen LogP contribution is -2.35. The summed E-state index contributed by atoms with van der Waals surface area (Å²) in [7, 11) is -3.85. The van der Waals surface area contributed by atoms with Crippen LogP contribution < -0.4 is 31.6 Å². The lowest BCUT2D eigenvalue weighted by molar-refractivity contribution is -0.122. The highest BCUT2D eigenvalue weighted by atomic mass is 32.2. The third kappa shape index (κ3) is 6.04. The number of amides is 1. The highest BCUT2D eigenvalue weighted by Crippen LogP contribution is 2.21. The number of aryl methyl sites for hydroxylation is 1. The Morgan fingerprint density at radius 1 is 1.00 bits per heavy atom. The van der Waals surface area contributed by atoms with E-state index in [1.807, 2.05) is 13.0 Å². The molecule has 162 valence electrons. The van der Waals surface area contributed by atoms with Crippen molar-refractivity contribution in [1.82, 2.24) is 20.2 Å². The van der Waals surface area contributed by atoms with Crippen LogP contribution in [0.25, 0.3) is 0 Å². The van der Waals surface area contributed by atoms with Crippen LogP contribution in [0, 0.1) is 6.92 Å². The minimum absolute atomic E-state index is 0.00275. The number of nitrogens with one attached hydrogen (secondary N) is 4. The minimum atomic E-state index is -3.85. The summed E-state index contributed by atoms with van der Waals surface area (Å²) in [6.45, 7) is 1.62. The van der Waals surface area contributed by atoms with Gasteiger partial charge in [-0.3, -0.25) is 21.1 Å². The number of sulfonamides is 1. The van der Waals surface area contributed by atoms with E-state index in [1.165, 1.54) is 12.1 Å². The molecule has 0 saturated heterocycles. The molecule has 0 radical (unpaired) electrons. The fourth-order valence-corrected chi connectivity index (χ4v) is 3.16. The van der Waals surface area contributed by atoms with E-state index in [2.05, 4.69) is 31.1 Å². The van der Waals surface area contributed by atoms with Crippen molar-refractivity contribution in [3.63, 3.8) is 0 Å². The van der Waals surface area contributed by atoms with E-state index < -0.39 is 15.9 Å². The predicted molar refractivity (Wildman–Crippen MR) is 115 cm³/mol. The highest BCUT2D eigenvalue weighted by Gasteiger charge is 2.15. The summed E-state index contributed by atoms with van der Waals surface area (Å²) in [5.41, 5.74) is 14.3. The molecule has 0 aliphatic heterocycles.